The second-order valence-corrected chi connectivity index (χ2v) is 4.34. The van der Waals surface area contributed by atoms with E-state index in [2.05, 4.69) is 10.1 Å². The molecule has 0 saturated heterocycles. The van der Waals surface area contributed by atoms with Gasteiger partial charge in [0.15, 0.2) is 5.82 Å². The molecule has 5 heteroatoms. The van der Waals surface area contributed by atoms with Crippen LogP contribution in [0.1, 0.15) is 33.0 Å². The van der Waals surface area contributed by atoms with Gasteiger partial charge in [-0.05, 0) is 45.4 Å². The number of hydrogen-bond acceptors (Lipinski definition) is 3. The first-order chi connectivity index (χ1) is 8.41. The number of carboxylic acids is 1. The molecule has 94 valence electrons. The molecule has 0 saturated carbocycles. The van der Waals surface area contributed by atoms with E-state index in [4.69, 9.17) is 0 Å². The van der Waals surface area contributed by atoms with Crippen LogP contribution in [0.2, 0.25) is 0 Å². The molecule has 0 atom stereocenters. The Kier molecular flexibility index (Phi) is 2.90. The third kappa shape index (κ3) is 1.88. The van der Waals surface area contributed by atoms with E-state index >= 15 is 0 Å². The van der Waals surface area contributed by atoms with Crippen molar-refractivity contribution in [2.24, 2.45) is 0 Å². The summed E-state index contributed by atoms with van der Waals surface area (Å²) in [5, 5.41) is 13.6. The molecule has 18 heavy (non-hydrogen) atoms. The van der Waals surface area contributed by atoms with Crippen molar-refractivity contribution in [3.63, 3.8) is 0 Å². The van der Waals surface area contributed by atoms with Crippen molar-refractivity contribution >= 4 is 5.97 Å². The summed E-state index contributed by atoms with van der Waals surface area (Å²) in [6.07, 6.45) is 0. The molecule has 0 aliphatic rings. The van der Waals surface area contributed by atoms with Gasteiger partial charge in [-0.3, -0.25) is 0 Å². The topological polar surface area (TPSA) is 68.0 Å². The normalized spacial score (nSPS) is 10.7. The first-order valence-electron chi connectivity index (χ1n) is 5.66. The number of pyridine rings is 1. The maximum absolute atomic E-state index is 11.2. The molecule has 2 aromatic rings. The highest BCUT2D eigenvalue weighted by molar-refractivity contribution is 5.91. The van der Waals surface area contributed by atoms with Crippen molar-refractivity contribution < 1.29 is 9.90 Å². The fraction of sp³-hybridized carbons (Fsp3) is 0.308. The van der Waals surface area contributed by atoms with Crippen molar-refractivity contribution in [2.45, 2.75) is 27.7 Å². The number of aromatic nitrogens is 3. The summed E-state index contributed by atoms with van der Waals surface area (Å²) in [6.45, 7) is 7.60. The van der Waals surface area contributed by atoms with Gasteiger partial charge in [0.05, 0.1) is 5.69 Å². The van der Waals surface area contributed by atoms with Crippen LogP contribution in [-0.4, -0.2) is 25.8 Å². The van der Waals surface area contributed by atoms with Crippen molar-refractivity contribution in [3.05, 3.63) is 40.3 Å². The van der Waals surface area contributed by atoms with Crippen LogP contribution in [-0.2, 0) is 0 Å². The van der Waals surface area contributed by atoms with Gasteiger partial charge in [0, 0.05) is 11.4 Å². The maximum atomic E-state index is 11.2. The van der Waals surface area contributed by atoms with Crippen LogP contribution >= 0.6 is 0 Å². The summed E-state index contributed by atoms with van der Waals surface area (Å²) < 4.78 is 1.60. The van der Waals surface area contributed by atoms with Crippen LogP contribution in [0.4, 0.5) is 0 Å². The molecule has 0 amide bonds. The number of aromatic carboxylic acids is 1. The predicted octanol–water partition coefficient (Wildman–Crippen LogP) is 2.20. The third-order valence-corrected chi connectivity index (χ3v) is 3.10. The average molecular weight is 245 g/mol. The molecule has 0 fully saturated rings. The highest BCUT2D eigenvalue weighted by Gasteiger charge is 2.17. The molecular formula is C13H15N3O2. The summed E-state index contributed by atoms with van der Waals surface area (Å²) in [4.78, 5) is 15.5. The van der Waals surface area contributed by atoms with E-state index in [9.17, 15) is 9.90 Å². The van der Waals surface area contributed by atoms with Crippen molar-refractivity contribution in [2.75, 3.05) is 0 Å². The van der Waals surface area contributed by atoms with Gasteiger partial charge in [-0.15, -0.1) is 0 Å². The Balaban J connectivity index is 2.73. The summed E-state index contributed by atoms with van der Waals surface area (Å²) in [5.74, 6) is -0.626. The summed E-state index contributed by atoms with van der Waals surface area (Å²) in [7, 11) is 0. The highest BCUT2D eigenvalue weighted by atomic mass is 16.4. The second-order valence-electron chi connectivity index (χ2n) is 4.34. The Morgan fingerprint density at radius 3 is 2.39 bits per heavy atom. The fourth-order valence-corrected chi connectivity index (χ4v) is 1.80. The van der Waals surface area contributed by atoms with Gasteiger partial charge in [0.1, 0.15) is 5.56 Å². The Bertz CT molecular complexity index is 629. The number of carboxylic acid groups (broad SMARTS) is 1. The van der Waals surface area contributed by atoms with Crippen LogP contribution in [0.25, 0.3) is 5.82 Å². The Hall–Kier alpha value is -2.17. The molecule has 0 unspecified atom stereocenters. The van der Waals surface area contributed by atoms with Crippen LogP contribution in [0.15, 0.2) is 12.1 Å². The molecule has 1 N–H and O–H groups in total. The first kappa shape index (κ1) is 12.3. The Morgan fingerprint density at radius 2 is 1.89 bits per heavy atom. The zero-order valence-corrected chi connectivity index (χ0v) is 10.9. The van der Waals surface area contributed by atoms with Gasteiger partial charge in [-0.25, -0.2) is 14.5 Å². The lowest BCUT2D eigenvalue weighted by Crippen LogP contribution is -2.11. The quantitative estimate of drug-likeness (QED) is 0.880. The number of hydrogen-bond donors (Lipinski definition) is 1. The molecule has 2 aromatic heterocycles. The lowest BCUT2D eigenvalue weighted by molar-refractivity contribution is 0.0696. The molecule has 0 aromatic carbocycles. The maximum Gasteiger partial charge on any atom is 0.339 e. The lowest BCUT2D eigenvalue weighted by atomic mass is 10.2. The van der Waals surface area contributed by atoms with E-state index in [0.29, 0.717) is 5.82 Å². The van der Waals surface area contributed by atoms with Gasteiger partial charge >= 0.3 is 5.97 Å². The molecule has 0 aliphatic carbocycles. The van der Waals surface area contributed by atoms with Crippen molar-refractivity contribution in [3.8, 4) is 5.82 Å². The van der Waals surface area contributed by atoms with Gasteiger partial charge in [0.2, 0.25) is 0 Å². The van der Waals surface area contributed by atoms with Gasteiger partial charge in [-0.2, -0.15) is 5.10 Å². The van der Waals surface area contributed by atoms with Crippen LogP contribution in [0.5, 0.6) is 0 Å². The molecule has 5 nitrogen and oxygen atoms in total. The van der Waals surface area contributed by atoms with Crippen LogP contribution in [0.3, 0.4) is 0 Å². The smallest absolute Gasteiger partial charge is 0.339 e. The second kappa shape index (κ2) is 4.25. The van der Waals surface area contributed by atoms with E-state index in [0.717, 1.165) is 22.6 Å². The van der Waals surface area contributed by atoms with Crippen LogP contribution in [0, 0.1) is 27.7 Å². The van der Waals surface area contributed by atoms with Crippen molar-refractivity contribution in [1.29, 1.82) is 0 Å². The fourth-order valence-electron chi connectivity index (χ4n) is 1.80. The molecular weight excluding hydrogens is 230 g/mol. The zero-order valence-electron chi connectivity index (χ0n) is 10.9. The molecule has 0 radical (unpaired) electrons. The molecule has 0 aliphatic heterocycles. The van der Waals surface area contributed by atoms with E-state index < -0.39 is 5.97 Å². The molecule has 2 heterocycles. The predicted molar refractivity (Wildman–Crippen MR) is 67.3 cm³/mol. The number of rotatable bonds is 2. The summed E-state index contributed by atoms with van der Waals surface area (Å²) >= 11 is 0. The number of aryl methyl sites for hydroxylation is 2. The largest absolute Gasteiger partial charge is 0.478 e. The standard InChI is InChI=1S/C13H15N3O2/c1-7-5-6-11(13(17)18)12(14-7)16-10(4)8(2)9(3)15-16/h5-6H,1-4H3,(H,17,18). The van der Waals surface area contributed by atoms with Crippen molar-refractivity contribution in [1.82, 2.24) is 14.8 Å². The minimum absolute atomic E-state index is 0.159. The van der Waals surface area contributed by atoms with Crippen LogP contribution < -0.4 is 0 Å². The summed E-state index contributed by atoms with van der Waals surface area (Å²) in [5.41, 5.74) is 3.77. The van der Waals surface area contributed by atoms with Gasteiger partial charge in [-0.1, -0.05) is 0 Å². The minimum atomic E-state index is -0.997. The Morgan fingerprint density at radius 1 is 1.22 bits per heavy atom. The average Bonchev–Trinajstić information content (AvgIpc) is 2.56. The Labute approximate surface area is 105 Å². The molecule has 2 rings (SSSR count). The lowest BCUT2D eigenvalue weighted by Gasteiger charge is -2.08. The monoisotopic (exact) mass is 245 g/mol. The van der Waals surface area contributed by atoms with Gasteiger partial charge in [0.25, 0.3) is 0 Å². The SMILES string of the molecule is Cc1ccc(C(=O)O)c(-n2nc(C)c(C)c2C)n1. The number of carbonyl (C=O) groups is 1. The molecule has 0 bridgehead atoms. The zero-order chi connectivity index (χ0) is 13.4. The van der Waals surface area contributed by atoms with E-state index in [1.54, 1.807) is 16.8 Å². The third-order valence-electron chi connectivity index (χ3n) is 3.10. The van der Waals surface area contributed by atoms with E-state index in [-0.39, 0.29) is 5.56 Å². The number of nitrogens with zero attached hydrogens (tertiary/aromatic N) is 3. The van der Waals surface area contributed by atoms with E-state index in [1.165, 1.54) is 0 Å². The highest BCUT2D eigenvalue weighted by Crippen LogP contribution is 2.19. The molecule has 0 spiro atoms. The van der Waals surface area contributed by atoms with E-state index in [1.807, 2.05) is 27.7 Å². The van der Waals surface area contributed by atoms with Gasteiger partial charge < -0.3 is 5.11 Å². The first-order valence-corrected chi connectivity index (χ1v) is 5.66. The summed E-state index contributed by atoms with van der Waals surface area (Å²) in [6, 6.07) is 3.25. The minimum Gasteiger partial charge on any atom is -0.478 e.